The number of hydrogen-bond acceptors (Lipinski definition) is 4. The Kier molecular flexibility index (Phi) is 6.70. The summed E-state index contributed by atoms with van der Waals surface area (Å²) in [6.07, 6.45) is -8.58. The molecule has 0 atom stereocenters. The second-order valence-corrected chi connectivity index (χ2v) is 8.48. The fourth-order valence-corrected chi connectivity index (χ4v) is 3.17. The third-order valence-electron chi connectivity index (χ3n) is 3.56. The minimum absolute atomic E-state index is 0.102. The molecule has 0 unspecified atom stereocenters. The number of nitrogens with one attached hydrogen (secondary N) is 1. The average Bonchev–Trinajstić information content (AvgIpc) is 2.57. The van der Waals surface area contributed by atoms with E-state index in [4.69, 9.17) is 0 Å². The molecule has 2 rings (SSSR count). The first-order valence-corrected chi connectivity index (χ1v) is 10.2. The molecule has 0 fully saturated rings. The van der Waals surface area contributed by atoms with Gasteiger partial charge < -0.3 is 10.1 Å². The summed E-state index contributed by atoms with van der Waals surface area (Å²) in [5.41, 5.74) is -1.67. The summed E-state index contributed by atoms with van der Waals surface area (Å²) in [5.74, 6) is -1.94. The van der Waals surface area contributed by atoms with Crippen molar-refractivity contribution in [1.29, 1.82) is 0 Å². The van der Waals surface area contributed by atoms with Crippen LogP contribution in [0.2, 0.25) is 0 Å². The molecule has 12 heteroatoms. The van der Waals surface area contributed by atoms with Gasteiger partial charge in [0.05, 0.1) is 17.0 Å². The molecule has 0 heterocycles. The number of sulfone groups is 1. The van der Waals surface area contributed by atoms with E-state index in [2.05, 4.69) is 10.1 Å². The molecule has 0 aromatic heterocycles. The predicted octanol–water partition coefficient (Wildman–Crippen LogP) is 4.44. The minimum atomic E-state index is -4.81. The van der Waals surface area contributed by atoms with Crippen LogP contribution in [0.15, 0.2) is 42.5 Å². The average molecular weight is 455 g/mol. The van der Waals surface area contributed by atoms with Crippen LogP contribution in [0, 0.1) is 0 Å². The lowest BCUT2D eigenvalue weighted by Gasteiger charge is -2.16. The summed E-state index contributed by atoms with van der Waals surface area (Å²) in [4.78, 5) is 12.4. The molecular weight excluding hydrogens is 440 g/mol. The first-order chi connectivity index (χ1) is 13.6. The highest BCUT2D eigenvalue weighted by atomic mass is 32.2. The molecule has 164 valence electrons. The molecule has 2 aromatic carbocycles. The fourth-order valence-electron chi connectivity index (χ4n) is 2.39. The lowest BCUT2D eigenvalue weighted by atomic mass is 10.1. The van der Waals surface area contributed by atoms with Crippen LogP contribution >= 0.6 is 0 Å². The van der Waals surface area contributed by atoms with Gasteiger partial charge in [0, 0.05) is 11.8 Å². The molecule has 0 saturated carbocycles. The largest absolute Gasteiger partial charge is 0.482 e. The van der Waals surface area contributed by atoms with E-state index in [1.165, 1.54) is 24.3 Å². The van der Waals surface area contributed by atoms with Gasteiger partial charge in [0.1, 0.15) is 5.75 Å². The van der Waals surface area contributed by atoms with E-state index >= 15 is 0 Å². The van der Waals surface area contributed by atoms with Crippen LogP contribution in [0.3, 0.4) is 0 Å². The number of carbonyl (C=O) groups excluding carboxylic acids is 1. The number of benzene rings is 2. The second-order valence-electron chi connectivity index (χ2n) is 6.34. The summed E-state index contributed by atoms with van der Waals surface area (Å²) in [6, 6.07) is 6.91. The number of amides is 1. The van der Waals surface area contributed by atoms with Crippen molar-refractivity contribution in [3.05, 3.63) is 59.2 Å². The van der Waals surface area contributed by atoms with E-state index in [0.717, 1.165) is 6.26 Å². The maximum absolute atomic E-state index is 13.0. The van der Waals surface area contributed by atoms with Gasteiger partial charge in [-0.2, -0.15) is 26.3 Å². The Balaban J connectivity index is 2.34. The molecule has 0 spiro atoms. The normalized spacial score (nSPS) is 12.5. The van der Waals surface area contributed by atoms with Crippen molar-refractivity contribution in [1.82, 2.24) is 0 Å². The van der Waals surface area contributed by atoms with Crippen LogP contribution in [-0.2, 0) is 21.8 Å². The molecule has 0 aliphatic heterocycles. The number of alkyl halides is 6. The highest BCUT2D eigenvalue weighted by Crippen LogP contribution is 2.36. The molecule has 0 bridgehead atoms. The highest BCUT2D eigenvalue weighted by molar-refractivity contribution is 7.89. The third kappa shape index (κ3) is 7.25. The zero-order valence-corrected chi connectivity index (χ0v) is 16.1. The van der Waals surface area contributed by atoms with Gasteiger partial charge in [0.2, 0.25) is 0 Å². The number of hydrogen-bond donors (Lipinski definition) is 1. The van der Waals surface area contributed by atoms with Crippen LogP contribution in [0.4, 0.5) is 32.0 Å². The Labute approximate surface area is 167 Å². The SMILES string of the molecule is CS(=O)(=O)Cc1cccc(C(=O)Nc2cc(C(F)(F)F)ccc2OCC(F)(F)F)c1. The molecule has 30 heavy (non-hydrogen) atoms. The van der Waals surface area contributed by atoms with Crippen molar-refractivity contribution in [2.45, 2.75) is 18.1 Å². The van der Waals surface area contributed by atoms with Crippen molar-refractivity contribution in [3.63, 3.8) is 0 Å². The van der Waals surface area contributed by atoms with Gasteiger partial charge in [-0.15, -0.1) is 0 Å². The summed E-state index contributed by atoms with van der Waals surface area (Å²) >= 11 is 0. The zero-order chi connectivity index (χ0) is 22.7. The van der Waals surface area contributed by atoms with Gasteiger partial charge in [-0.25, -0.2) is 8.42 Å². The van der Waals surface area contributed by atoms with E-state index in [-0.39, 0.29) is 16.9 Å². The number of rotatable bonds is 6. The first-order valence-electron chi connectivity index (χ1n) is 8.13. The van der Waals surface area contributed by atoms with E-state index in [9.17, 15) is 39.6 Å². The molecular formula is C18H15F6NO4S. The Bertz CT molecular complexity index is 1030. The molecule has 2 aromatic rings. The van der Waals surface area contributed by atoms with E-state index in [1.807, 2.05) is 0 Å². The number of ether oxygens (including phenoxy) is 1. The van der Waals surface area contributed by atoms with Gasteiger partial charge >= 0.3 is 12.4 Å². The Hall–Kier alpha value is -2.76. The molecule has 1 N–H and O–H groups in total. The van der Waals surface area contributed by atoms with Gasteiger partial charge in [0.25, 0.3) is 5.91 Å². The topological polar surface area (TPSA) is 72.5 Å². The summed E-state index contributed by atoms with van der Waals surface area (Å²) < 4.78 is 103. The molecule has 1 amide bonds. The van der Waals surface area contributed by atoms with Crippen LogP contribution < -0.4 is 10.1 Å². The lowest BCUT2D eigenvalue weighted by Crippen LogP contribution is -2.21. The maximum Gasteiger partial charge on any atom is 0.422 e. The Morgan fingerprint density at radius 2 is 1.70 bits per heavy atom. The minimum Gasteiger partial charge on any atom is -0.482 e. The van der Waals surface area contributed by atoms with Crippen molar-refractivity contribution in [2.24, 2.45) is 0 Å². The van der Waals surface area contributed by atoms with E-state index in [1.54, 1.807) is 0 Å². The zero-order valence-electron chi connectivity index (χ0n) is 15.3. The number of anilines is 1. The quantitative estimate of drug-likeness (QED) is 0.654. The molecule has 0 radical (unpaired) electrons. The first kappa shape index (κ1) is 23.5. The smallest absolute Gasteiger partial charge is 0.422 e. The standard InChI is InChI=1S/C18H15F6NO4S/c1-30(27,28)9-11-3-2-4-12(7-11)16(26)25-14-8-13(18(22,23)24)5-6-15(14)29-10-17(19,20)21/h2-8H,9-10H2,1H3,(H,25,26). The maximum atomic E-state index is 13.0. The highest BCUT2D eigenvalue weighted by Gasteiger charge is 2.33. The third-order valence-corrected chi connectivity index (χ3v) is 4.42. The van der Waals surface area contributed by atoms with E-state index < -0.39 is 51.7 Å². The van der Waals surface area contributed by atoms with Gasteiger partial charge in [-0.1, -0.05) is 12.1 Å². The summed E-state index contributed by atoms with van der Waals surface area (Å²) in [7, 11) is -3.41. The van der Waals surface area contributed by atoms with Crippen molar-refractivity contribution in [3.8, 4) is 5.75 Å². The summed E-state index contributed by atoms with van der Waals surface area (Å²) in [5, 5.41) is 2.08. The van der Waals surface area contributed by atoms with Gasteiger partial charge in [0.15, 0.2) is 16.4 Å². The Morgan fingerprint density at radius 3 is 2.27 bits per heavy atom. The Morgan fingerprint density at radius 1 is 1.03 bits per heavy atom. The van der Waals surface area contributed by atoms with Gasteiger partial charge in [-0.05, 0) is 35.9 Å². The van der Waals surface area contributed by atoms with Crippen LogP contribution in [0.5, 0.6) is 5.75 Å². The van der Waals surface area contributed by atoms with Crippen molar-refractivity contribution < 1.29 is 44.3 Å². The van der Waals surface area contributed by atoms with Crippen LogP contribution in [-0.4, -0.2) is 33.4 Å². The summed E-state index contributed by atoms with van der Waals surface area (Å²) in [6.45, 7) is -1.77. The second kappa shape index (κ2) is 8.54. The molecule has 0 aliphatic rings. The monoisotopic (exact) mass is 455 g/mol. The van der Waals surface area contributed by atoms with Gasteiger partial charge in [-0.3, -0.25) is 4.79 Å². The molecule has 5 nitrogen and oxygen atoms in total. The molecule has 0 aliphatic carbocycles. The van der Waals surface area contributed by atoms with Crippen molar-refractivity contribution in [2.75, 3.05) is 18.2 Å². The van der Waals surface area contributed by atoms with Crippen LogP contribution in [0.1, 0.15) is 21.5 Å². The van der Waals surface area contributed by atoms with Crippen LogP contribution in [0.25, 0.3) is 0 Å². The molecule has 0 saturated heterocycles. The predicted molar refractivity (Wildman–Crippen MR) is 95.9 cm³/mol. The number of halogens is 6. The fraction of sp³-hybridized carbons (Fsp3) is 0.278. The van der Waals surface area contributed by atoms with Crippen molar-refractivity contribution >= 4 is 21.4 Å². The van der Waals surface area contributed by atoms with E-state index in [0.29, 0.717) is 18.2 Å². The lowest BCUT2D eigenvalue weighted by molar-refractivity contribution is -0.153. The number of carbonyl (C=O) groups is 1.